The second kappa shape index (κ2) is 7.51. The summed E-state index contributed by atoms with van der Waals surface area (Å²) in [5.41, 5.74) is 2.91. The average Bonchev–Trinajstić information content (AvgIpc) is 2.69. The number of hydrogen-bond acceptors (Lipinski definition) is 4. The highest BCUT2D eigenvalue weighted by atomic mass is 16.4. The number of aliphatic hydroxyl groups excluding tert-OH is 1. The molecular formula is C23H23NO3. The molecule has 0 radical (unpaired) electrons. The van der Waals surface area contributed by atoms with Crippen molar-refractivity contribution in [3.05, 3.63) is 88.0 Å². The summed E-state index contributed by atoms with van der Waals surface area (Å²) < 4.78 is 5.50. The van der Waals surface area contributed by atoms with Gasteiger partial charge in [0.1, 0.15) is 11.9 Å². The smallest absolute Gasteiger partial charge is 0.343 e. The lowest BCUT2D eigenvalue weighted by Gasteiger charge is -2.27. The molecule has 2 aromatic carbocycles. The van der Waals surface area contributed by atoms with Crippen molar-refractivity contribution >= 4 is 16.3 Å². The van der Waals surface area contributed by atoms with E-state index in [0.29, 0.717) is 11.1 Å². The van der Waals surface area contributed by atoms with Crippen LogP contribution in [0.15, 0.2) is 69.9 Å². The topological polar surface area (TPSA) is 53.7 Å². The Labute approximate surface area is 158 Å². The van der Waals surface area contributed by atoms with Gasteiger partial charge in [-0.15, -0.1) is 0 Å². The SMILES string of the molecule is CC(O)c1oc(=O)c2ccccc2c1C1=CCN(Cc2ccccc2)CC1. The zero-order chi connectivity index (χ0) is 18.8. The summed E-state index contributed by atoms with van der Waals surface area (Å²) in [7, 11) is 0. The number of rotatable bonds is 4. The van der Waals surface area contributed by atoms with Crippen LogP contribution in [-0.4, -0.2) is 23.1 Å². The molecule has 1 aliphatic heterocycles. The Bertz CT molecular complexity index is 1030. The van der Waals surface area contributed by atoms with Crippen molar-refractivity contribution in [2.24, 2.45) is 0 Å². The summed E-state index contributed by atoms with van der Waals surface area (Å²) in [5, 5.41) is 11.6. The molecule has 4 rings (SSSR count). The van der Waals surface area contributed by atoms with E-state index in [1.807, 2.05) is 24.3 Å². The highest BCUT2D eigenvalue weighted by Gasteiger charge is 2.22. The molecule has 4 heteroatoms. The molecule has 1 atom stereocenters. The van der Waals surface area contributed by atoms with Gasteiger partial charge in [-0.1, -0.05) is 54.6 Å². The summed E-state index contributed by atoms with van der Waals surface area (Å²) >= 11 is 0. The molecule has 4 nitrogen and oxygen atoms in total. The largest absolute Gasteiger partial charge is 0.424 e. The summed E-state index contributed by atoms with van der Waals surface area (Å²) in [6, 6.07) is 17.9. The van der Waals surface area contributed by atoms with Crippen molar-refractivity contribution in [3.63, 3.8) is 0 Å². The number of nitrogens with zero attached hydrogens (tertiary/aromatic N) is 1. The Hall–Kier alpha value is -2.69. The average molecular weight is 361 g/mol. The van der Waals surface area contributed by atoms with Crippen LogP contribution in [0.2, 0.25) is 0 Å². The summed E-state index contributed by atoms with van der Waals surface area (Å²) in [6.45, 7) is 4.31. The molecular weight excluding hydrogens is 338 g/mol. The van der Waals surface area contributed by atoms with Crippen molar-refractivity contribution < 1.29 is 9.52 Å². The maximum absolute atomic E-state index is 12.3. The second-order valence-electron chi connectivity index (χ2n) is 7.05. The number of benzene rings is 2. The van der Waals surface area contributed by atoms with E-state index in [0.717, 1.165) is 42.6 Å². The molecule has 1 aromatic heterocycles. The van der Waals surface area contributed by atoms with Gasteiger partial charge in [0.2, 0.25) is 0 Å². The van der Waals surface area contributed by atoms with Gasteiger partial charge < -0.3 is 9.52 Å². The van der Waals surface area contributed by atoms with E-state index in [9.17, 15) is 9.90 Å². The number of hydrogen-bond donors (Lipinski definition) is 1. The highest BCUT2D eigenvalue weighted by molar-refractivity contribution is 5.94. The van der Waals surface area contributed by atoms with Crippen molar-refractivity contribution in [2.75, 3.05) is 13.1 Å². The molecule has 3 aromatic rings. The maximum Gasteiger partial charge on any atom is 0.343 e. The highest BCUT2D eigenvalue weighted by Crippen LogP contribution is 2.33. The Morgan fingerprint density at radius 3 is 2.44 bits per heavy atom. The monoisotopic (exact) mass is 361 g/mol. The first kappa shape index (κ1) is 17.7. The summed E-state index contributed by atoms with van der Waals surface area (Å²) in [5.74, 6) is 0.362. The molecule has 1 aliphatic rings. The quantitative estimate of drug-likeness (QED) is 0.759. The van der Waals surface area contributed by atoms with Crippen LogP contribution < -0.4 is 5.63 Å². The van der Waals surface area contributed by atoms with Crippen LogP contribution in [0.3, 0.4) is 0 Å². The van der Waals surface area contributed by atoms with Crippen LogP contribution in [0.25, 0.3) is 16.3 Å². The van der Waals surface area contributed by atoms with Gasteiger partial charge in [0.15, 0.2) is 0 Å². The number of fused-ring (bicyclic) bond motifs is 1. The molecule has 2 heterocycles. The predicted molar refractivity (Wildman–Crippen MR) is 107 cm³/mol. The fourth-order valence-corrected chi connectivity index (χ4v) is 3.77. The molecule has 138 valence electrons. The lowest BCUT2D eigenvalue weighted by atomic mass is 9.92. The first-order valence-electron chi connectivity index (χ1n) is 9.33. The van der Waals surface area contributed by atoms with Gasteiger partial charge in [-0.25, -0.2) is 4.79 Å². The van der Waals surface area contributed by atoms with Crippen molar-refractivity contribution in [3.8, 4) is 0 Å². The van der Waals surface area contributed by atoms with E-state index in [4.69, 9.17) is 4.42 Å². The minimum Gasteiger partial charge on any atom is -0.424 e. The molecule has 1 unspecified atom stereocenters. The normalized spacial score (nSPS) is 16.3. The standard InChI is InChI=1S/C23H23NO3/c1-16(25)22-21(19-9-5-6-10-20(19)23(26)27-22)18-11-13-24(14-12-18)15-17-7-3-2-4-8-17/h2-11,16,25H,12-15H2,1H3. The van der Waals surface area contributed by atoms with Gasteiger partial charge in [0.05, 0.1) is 5.39 Å². The van der Waals surface area contributed by atoms with E-state index in [1.54, 1.807) is 13.0 Å². The molecule has 0 amide bonds. The molecule has 0 saturated carbocycles. The maximum atomic E-state index is 12.3. The van der Waals surface area contributed by atoms with Crippen LogP contribution in [0.1, 0.15) is 36.3 Å². The molecule has 1 N–H and O–H groups in total. The van der Waals surface area contributed by atoms with Crippen molar-refractivity contribution in [2.45, 2.75) is 26.0 Å². The Morgan fingerprint density at radius 2 is 1.78 bits per heavy atom. The molecule has 27 heavy (non-hydrogen) atoms. The van der Waals surface area contributed by atoms with Gasteiger partial charge >= 0.3 is 5.63 Å². The third-order valence-corrected chi connectivity index (χ3v) is 5.11. The van der Waals surface area contributed by atoms with Crippen molar-refractivity contribution in [1.29, 1.82) is 0 Å². The zero-order valence-corrected chi connectivity index (χ0v) is 15.4. The van der Waals surface area contributed by atoms with E-state index in [2.05, 4.69) is 35.2 Å². The minimum atomic E-state index is -0.833. The fourth-order valence-electron chi connectivity index (χ4n) is 3.77. The molecule has 0 spiro atoms. The van der Waals surface area contributed by atoms with E-state index >= 15 is 0 Å². The Morgan fingerprint density at radius 1 is 1.07 bits per heavy atom. The van der Waals surface area contributed by atoms with Gasteiger partial charge in [0, 0.05) is 25.2 Å². The van der Waals surface area contributed by atoms with Crippen LogP contribution in [0.4, 0.5) is 0 Å². The Kier molecular flexibility index (Phi) is 4.92. The van der Waals surface area contributed by atoms with Gasteiger partial charge in [0.25, 0.3) is 0 Å². The third-order valence-electron chi connectivity index (χ3n) is 5.11. The lowest BCUT2D eigenvalue weighted by Crippen LogP contribution is -2.28. The zero-order valence-electron chi connectivity index (χ0n) is 15.4. The van der Waals surface area contributed by atoms with Gasteiger partial charge in [-0.2, -0.15) is 0 Å². The second-order valence-corrected chi connectivity index (χ2v) is 7.05. The van der Waals surface area contributed by atoms with E-state index < -0.39 is 11.7 Å². The van der Waals surface area contributed by atoms with Crippen LogP contribution in [-0.2, 0) is 6.54 Å². The molecule has 0 aliphatic carbocycles. The van der Waals surface area contributed by atoms with Crippen LogP contribution >= 0.6 is 0 Å². The lowest BCUT2D eigenvalue weighted by molar-refractivity contribution is 0.164. The summed E-state index contributed by atoms with van der Waals surface area (Å²) in [6.07, 6.45) is 2.21. The molecule has 0 fully saturated rings. The Balaban J connectivity index is 1.69. The van der Waals surface area contributed by atoms with Crippen LogP contribution in [0.5, 0.6) is 0 Å². The summed E-state index contributed by atoms with van der Waals surface area (Å²) in [4.78, 5) is 14.7. The van der Waals surface area contributed by atoms with E-state index in [1.165, 1.54) is 5.56 Å². The third kappa shape index (κ3) is 3.59. The predicted octanol–water partition coefficient (Wildman–Crippen LogP) is 4.14. The molecule has 0 saturated heterocycles. The first-order chi connectivity index (χ1) is 13.1. The fraction of sp³-hybridized carbons (Fsp3) is 0.261. The number of aliphatic hydroxyl groups is 1. The molecule has 0 bridgehead atoms. The minimum absolute atomic E-state index is 0.362. The van der Waals surface area contributed by atoms with E-state index in [-0.39, 0.29) is 0 Å². The van der Waals surface area contributed by atoms with Gasteiger partial charge in [-0.3, -0.25) is 4.90 Å². The van der Waals surface area contributed by atoms with Crippen molar-refractivity contribution in [1.82, 2.24) is 4.90 Å². The first-order valence-corrected chi connectivity index (χ1v) is 9.33. The van der Waals surface area contributed by atoms with Gasteiger partial charge in [-0.05, 0) is 35.9 Å². The van der Waals surface area contributed by atoms with Crippen LogP contribution in [0, 0.1) is 0 Å².